The van der Waals surface area contributed by atoms with E-state index >= 15 is 0 Å². The molecule has 0 spiro atoms. The Hall–Kier alpha value is -2.34. The number of hydrogen-bond acceptors (Lipinski definition) is 4. The molecule has 0 saturated carbocycles. The van der Waals surface area contributed by atoms with Gasteiger partial charge in [-0.25, -0.2) is 5.06 Å². The van der Waals surface area contributed by atoms with Crippen LogP contribution >= 0.6 is 0 Å². The number of nitrogens with zero attached hydrogens (tertiary/aromatic N) is 2. The number of aliphatic hydroxyl groups is 1. The molecule has 1 N–H and O–H groups in total. The lowest BCUT2D eigenvalue weighted by molar-refractivity contribution is -0.174. The van der Waals surface area contributed by atoms with Crippen LogP contribution in [0.5, 0.6) is 0 Å². The number of aliphatic hydroxyl groups excluding tert-OH is 1. The second kappa shape index (κ2) is 5.97. The fourth-order valence-corrected chi connectivity index (χ4v) is 2.17. The summed E-state index contributed by atoms with van der Waals surface area (Å²) >= 11 is 0. The highest BCUT2D eigenvalue weighted by molar-refractivity contribution is 6.06. The monoisotopic (exact) mass is 290 g/mol. The standard InChI is InChI=1S/C15H18N2O4/c1-10-6-4-5-7-11(10)8-17(21-3)14(19)12-9-16(2)15(20)13(12)18/h4-7,18H,8-9H2,1-3H3. The van der Waals surface area contributed by atoms with Gasteiger partial charge in [0.2, 0.25) is 0 Å². The van der Waals surface area contributed by atoms with Gasteiger partial charge in [0, 0.05) is 7.05 Å². The van der Waals surface area contributed by atoms with E-state index in [1.165, 1.54) is 19.1 Å². The Kier molecular flexibility index (Phi) is 4.28. The van der Waals surface area contributed by atoms with Gasteiger partial charge >= 0.3 is 0 Å². The number of aryl methyl sites for hydroxylation is 1. The summed E-state index contributed by atoms with van der Waals surface area (Å²) in [7, 11) is 2.91. The molecule has 1 aliphatic rings. The SMILES string of the molecule is CON(Cc1ccccc1C)C(=O)C1=C(O)C(=O)N(C)C1. The van der Waals surface area contributed by atoms with Crippen molar-refractivity contribution in [1.82, 2.24) is 9.96 Å². The normalized spacial score (nSPS) is 14.8. The lowest BCUT2D eigenvalue weighted by atomic mass is 10.1. The van der Waals surface area contributed by atoms with Crippen molar-refractivity contribution in [1.29, 1.82) is 0 Å². The van der Waals surface area contributed by atoms with E-state index in [2.05, 4.69) is 0 Å². The molecule has 0 radical (unpaired) electrons. The third-order valence-electron chi connectivity index (χ3n) is 3.51. The van der Waals surface area contributed by atoms with Crippen LogP contribution in [0, 0.1) is 6.92 Å². The Bertz CT molecular complexity index is 609. The second-order valence-electron chi connectivity index (χ2n) is 4.94. The number of hydroxylamine groups is 2. The summed E-state index contributed by atoms with van der Waals surface area (Å²) in [6.45, 7) is 2.27. The van der Waals surface area contributed by atoms with Gasteiger partial charge in [0.1, 0.15) is 0 Å². The van der Waals surface area contributed by atoms with Crippen molar-refractivity contribution in [2.24, 2.45) is 0 Å². The molecule has 2 rings (SSSR count). The number of amides is 2. The summed E-state index contributed by atoms with van der Waals surface area (Å²) in [6, 6.07) is 7.63. The van der Waals surface area contributed by atoms with Crippen molar-refractivity contribution < 1.29 is 19.5 Å². The van der Waals surface area contributed by atoms with Gasteiger partial charge in [-0.05, 0) is 18.1 Å². The number of hydrogen-bond donors (Lipinski definition) is 1. The van der Waals surface area contributed by atoms with Crippen molar-refractivity contribution >= 4 is 11.8 Å². The quantitative estimate of drug-likeness (QED) is 0.845. The lowest BCUT2D eigenvalue weighted by Crippen LogP contribution is -2.32. The molecule has 0 saturated heterocycles. The average molecular weight is 290 g/mol. The van der Waals surface area contributed by atoms with Gasteiger partial charge in [0.25, 0.3) is 11.8 Å². The first-order chi connectivity index (χ1) is 9.95. The molecule has 1 aromatic rings. The highest BCUT2D eigenvalue weighted by Crippen LogP contribution is 2.19. The number of carbonyl (C=O) groups excluding carboxylic acids is 2. The van der Waals surface area contributed by atoms with Gasteiger partial charge in [-0.2, -0.15) is 0 Å². The molecular formula is C15H18N2O4. The largest absolute Gasteiger partial charge is 0.503 e. The second-order valence-corrected chi connectivity index (χ2v) is 4.94. The molecule has 112 valence electrons. The van der Waals surface area contributed by atoms with Crippen LogP contribution < -0.4 is 0 Å². The minimum Gasteiger partial charge on any atom is -0.503 e. The maximum atomic E-state index is 12.4. The molecule has 0 atom stereocenters. The Labute approximate surface area is 123 Å². The van der Waals surface area contributed by atoms with Crippen molar-refractivity contribution in [3.63, 3.8) is 0 Å². The Morgan fingerprint density at radius 1 is 1.43 bits per heavy atom. The van der Waals surface area contributed by atoms with Crippen molar-refractivity contribution in [2.75, 3.05) is 20.7 Å². The number of carbonyl (C=O) groups is 2. The summed E-state index contributed by atoms with van der Waals surface area (Å²) in [6.07, 6.45) is 0. The maximum Gasteiger partial charge on any atom is 0.289 e. The van der Waals surface area contributed by atoms with Crippen LogP contribution in [0.15, 0.2) is 35.6 Å². The summed E-state index contributed by atoms with van der Waals surface area (Å²) in [5.74, 6) is -1.56. The van der Waals surface area contributed by atoms with Crippen LogP contribution in [-0.4, -0.2) is 47.6 Å². The zero-order valence-electron chi connectivity index (χ0n) is 12.3. The average Bonchev–Trinajstić information content (AvgIpc) is 2.73. The summed E-state index contributed by atoms with van der Waals surface area (Å²) in [5.41, 5.74) is 2.02. The molecule has 1 aromatic carbocycles. The first-order valence-electron chi connectivity index (χ1n) is 6.53. The topological polar surface area (TPSA) is 70.1 Å². The summed E-state index contributed by atoms with van der Waals surface area (Å²) in [5, 5.41) is 10.9. The smallest absolute Gasteiger partial charge is 0.289 e. The van der Waals surface area contributed by atoms with E-state index < -0.39 is 17.6 Å². The van der Waals surface area contributed by atoms with Crippen molar-refractivity contribution in [2.45, 2.75) is 13.5 Å². The van der Waals surface area contributed by atoms with E-state index in [1.807, 2.05) is 31.2 Å². The first-order valence-corrected chi connectivity index (χ1v) is 6.53. The molecule has 1 aliphatic heterocycles. The van der Waals surface area contributed by atoms with Crippen molar-refractivity contribution in [3.05, 3.63) is 46.7 Å². The molecule has 6 heteroatoms. The Balaban J connectivity index is 2.21. The number of likely N-dealkylation sites (N-methyl/N-ethyl adjacent to an activating group) is 1. The Morgan fingerprint density at radius 3 is 2.62 bits per heavy atom. The third-order valence-corrected chi connectivity index (χ3v) is 3.51. The minimum atomic E-state index is -0.551. The van der Waals surface area contributed by atoms with Crippen LogP contribution in [0.25, 0.3) is 0 Å². The van der Waals surface area contributed by atoms with E-state index in [0.717, 1.165) is 16.2 Å². The molecule has 1 heterocycles. The number of benzene rings is 1. The van der Waals surface area contributed by atoms with Gasteiger partial charge in [0.05, 0.1) is 25.8 Å². The Morgan fingerprint density at radius 2 is 2.10 bits per heavy atom. The first kappa shape index (κ1) is 15.1. The van der Waals surface area contributed by atoms with E-state index in [-0.39, 0.29) is 18.7 Å². The molecule has 0 fully saturated rings. The molecule has 0 aromatic heterocycles. The van der Waals surface area contributed by atoms with Gasteiger partial charge in [0.15, 0.2) is 5.76 Å². The molecule has 6 nitrogen and oxygen atoms in total. The molecular weight excluding hydrogens is 272 g/mol. The maximum absolute atomic E-state index is 12.4. The van der Waals surface area contributed by atoms with Crippen molar-refractivity contribution in [3.8, 4) is 0 Å². The summed E-state index contributed by atoms with van der Waals surface area (Å²) in [4.78, 5) is 30.3. The highest BCUT2D eigenvalue weighted by Gasteiger charge is 2.34. The predicted octanol–water partition coefficient (Wildman–Crippen LogP) is 1.17. The molecule has 21 heavy (non-hydrogen) atoms. The molecule has 0 aliphatic carbocycles. The van der Waals surface area contributed by atoms with Gasteiger partial charge in [-0.15, -0.1) is 0 Å². The van der Waals surface area contributed by atoms with E-state index in [1.54, 1.807) is 0 Å². The number of rotatable bonds is 4. The lowest BCUT2D eigenvalue weighted by Gasteiger charge is -2.21. The van der Waals surface area contributed by atoms with Crippen LogP contribution in [0.1, 0.15) is 11.1 Å². The van der Waals surface area contributed by atoms with Crippen LogP contribution in [0.4, 0.5) is 0 Å². The van der Waals surface area contributed by atoms with Crippen LogP contribution in [0.3, 0.4) is 0 Å². The minimum absolute atomic E-state index is 0.0536. The zero-order chi connectivity index (χ0) is 15.6. The molecule has 2 amide bonds. The van der Waals surface area contributed by atoms with Gasteiger partial charge in [-0.1, -0.05) is 24.3 Å². The van der Waals surface area contributed by atoms with Crippen LogP contribution in [-0.2, 0) is 21.0 Å². The fourth-order valence-electron chi connectivity index (χ4n) is 2.17. The van der Waals surface area contributed by atoms with E-state index in [0.29, 0.717) is 0 Å². The van der Waals surface area contributed by atoms with Gasteiger partial charge < -0.3 is 10.0 Å². The van der Waals surface area contributed by atoms with E-state index in [4.69, 9.17) is 4.84 Å². The molecule has 0 bridgehead atoms. The van der Waals surface area contributed by atoms with E-state index in [9.17, 15) is 14.7 Å². The zero-order valence-corrected chi connectivity index (χ0v) is 12.3. The predicted molar refractivity (Wildman–Crippen MR) is 76.0 cm³/mol. The fraction of sp³-hybridized carbons (Fsp3) is 0.333. The van der Waals surface area contributed by atoms with Crippen LogP contribution in [0.2, 0.25) is 0 Å². The molecule has 0 unspecified atom stereocenters. The third kappa shape index (κ3) is 2.90. The summed E-state index contributed by atoms with van der Waals surface area (Å²) < 4.78 is 0. The highest BCUT2D eigenvalue weighted by atomic mass is 16.7. The van der Waals surface area contributed by atoms with Gasteiger partial charge in [-0.3, -0.25) is 14.4 Å².